The standard InChI is InChI=1S/C18H23N5O3/c1-11-7-13(19-2)8-14(20-11)12-5-6-23(10-12)17(24)15-9-16(25-3)22-18(21-15)26-4/h7-9,12H,5-6,10H2,1-4H3,(H,19,20). The van der Waals surface area contributed by atoms with Crippen molar-refractivity contribution in [3.63, 3.8) is 0 Å². The number of carbonyl (C=O) groups is 1. The topological polar surface area (TPSA) is 89.5 Å². The van der Waals surface area contributed by atoms with E-state index in [0.717, 1.165) is 23.5 Å². The predicted octanol–water partition coefficient (Wildman–Crippen LogP) is 1.87. The lowest BCUT2D eigenvalue weighted by atomic mass is 10.0. The Morgan fingerprint density at radius 1 is 1.19 bits per heavy atom. The monoisotopic (exact) mass is 357 g/mol. The van der Waals surface area contributed by atoms with Crippen molar-refractivity contribution in [2.45, 2.75) is 19.3 Å². The Bertz CT molecular complexity index is 789. The largest absolute Gasteiger partial charge is 0.481 e. The van der Waals surface area contributed by atoms with Gasteiger partial charge in [0.25, 0.3) is 5.91 Å². The van der Waals surface area contributed by atoms with Crippen LogP contribution in [0.1, 0.15) is 34.2 Å². The zero-order chi connectivity index (χ0) is 18.7. The van der Waals surface area contributed by atoms with E-state index < -0.39 is 0 Å². The Kier molecular flexibility index (Phi) is 5.20. The number of likely N-dealkylation sites (tertiary alicyclic amines) is 1. The van der Waals surface area contributed by atoms with Gasteiger partial charge in [0.1, 0.15) is 5.69 Å². The molecule has 138 valence electrons. The van der Waals surface area contributed by atoms with E-state index in [1.165, 1.54) is 20.3 Å². The van der Waals surface area contributed by atoms with Crippen LogP contribution in [0.4, 0.5) is 5.69 Å². The Morgan fingerprint density at radius 3 is 2.69 bits per heavy atom. The minimum Gasteiger partial charge on any atom is -0.481 e. The van der Waals surface area contributed by atoms with Crippen LogP contribution >= 0.6 is 0 Å². The first-order chi connectivity index (χ1) is 12.5. The minimum atomic E-state index is -0.159. The third-order valence-corrected chi connectivity index (χ3v) is 4.45. The maximum atomic E-state index is 12.8. The molecule has 1 aliphatic rings. The second-order valence-corrected chi connectivity index (χ2v) is 6.19. The minimum absolute atomic E-state index is 0.113. The van der Waals surface area contributed by atoms with Crippen LogP contribution in [0, 0.1) is 6.92 Å². The number of hydrogen-bond donors (Lipinski definition) is 1. The van der Waals surface area contributed by atoms with Crippen molar-refractivity contribution in [2.24, 2.45) is 0 Å². The fourth-order valence-corrected chi connectivity index (χ4v) is 3.11. The number of hydrogen-bond acceptors (Lipinski definition) is 7. The zero-order valence-corrected chi connectivity index (χ0v) is 15.4. The summed E-state index contributed by atoms with van der Waals surface area (Å²) in [7, 11) is 4.83. The van der Waals surface area contributed by atoms with E-state index in [1.54, 1.807) is 4.90 Å². The third-order valence-electron chi connectivity index (χ3n) is 4.45. The van der Waals surface area contributed by atoms with E-state index in [-0.39, 0.29) is 23.5 Å². The second-order valence-electron chi connectivity index (χ2n) is 6.19. The molecule has 0 bridgehead atoms. The van der Waals surface area contributed by atoms with Crippen molar-refractivity contribution < 1.29 is 14.3 Å². The molecule has 1 N–H and O–H groups in total. The van der Waals surface area contributed by atoms with Crippen LogP contribution in [0.5, 0.6) is 11.9 Å². The summed E-state index contributed by atoms with van der Waals surface area (Å²) in [6.45, 7) is 3.23. The SMILES string of the molecule is CNc1cc(C)nc(C2CCN(C(=O)c3cc(OC)nc(OC)n3)C2)c1. The van der Waals surface area contributed by atoms with Crippen molar-refractivity contribution in [3.05, 3.63) is 35.3 Å². The van der Waals surface area contributed by atoms with Gasteiger partial charge in [0, 0.05) is 49.2 Å². The zero-order valence-electron chi connectivity index (χ0n) is 15.4. The van der Waals surface area contributed by atoms with Gasteiger partial charge in [0.15, 0.2) is 0 Å². The molecule has 1 aliphatic heterocycles. The average Bonchev–Trinajstić information content (AvgIpc) is 3.16. The molecule has 0 radical (unpaired) electrons. The molecular weight excluding hydrogens is 334 g/mol. The van der Waals surface area contributed by atoms with Gasteiger partial charge < -0.3 is 19.7 Å². The third kappa shape index (κ3) is 3.68. The van der Waals surface area contributed by atoms with E-state index in [4.69, 9.17) is 9.47 Å². The number of nitrogens with one attached hydrogen (secondary N) is 1. The molecule has 8 heteroatoms. The predicted molar refractivity (Wildman–Crippen MR) is 96.9 cm³/mol. The summed E-state index contributed by atoms with van der Waals surface area (Å²) >= 11 is 0. The lowest BCUT2D eigenvalue weighted by Crippen LogP contribution is -2.29. The van der Waals surface area contributed by atoms with Crippen molar-refractivity contribution in [1.29, 1.82) is 0 Å². The summed E-state index contributed by atoms with van der Waals surface area (Å²) in [5, 5.41) is 3.15. The van der Waals surface area contributed by atoms with Crippen molar-refractivity contribution in [3.8, 4) is 11.9 Å². The number of aromatic nitrogens is 3. The van der Waals surface area contributed by atoms with Gasteiger partial charge in [0.05, 0.1) is 14.2 Å². The first-order valence-electron chi connectivity index (χ1n) is 8.46. The smallest absolute Gasteiger partial charge is 0.320 e. The van der Waals surface area contributed by atoms with Crippen molar-refractivity contribution in [1.82, 2.24) is 19.9 Å². The van der Waals surface area contributed by atoms with Gasteiger partial charge in [0.2, 0.25) is 5.88 Å². The number of pyridine rings is 1. The van der Waals surface area contributed by atoms with Crippen LogP contribution in [0.15, 0.2) is 18.2 Å². The molecule has 0 aromatic carbocycles. The molecule has 1 unspecified atom stereocenters. The second kappa shape index (κ2) is 7.55. The van der Waals surface area contributed by atoms with Crippen LogP contribution in [0.3, 0.4) is 0 Å². The summed E-state index contributed by atoms with van der Waals surface area (Å²) in [5.41, 5.74) is 3.26. The molecule has 3 heterocycles. The molecule has 0 spiro atoms. The maximum absolute atomic E-state index is 12.8. The number of ether oxygens (including phenoxy) is 2. The van der Waals surface area contributed by atoms with E-state index in [1.807, 2.05) is 26.1 Å². The molecule has 2 aromatic heterocycles. The van der Waals surface area contributed by atoms with Crippen LogP contribution in [-0.2, 0) is 0 Å². The molecule has 3 rings (SSSR count). The fraction of sp³-hybridized carbons (Fsp3) is 0.444. The van der Waals surface area contributed by atoms with Gasteiger partial charge >= 0.3 is 6.01 Å². The molecule has 2 aromatic rings. The highest BCUT2D eigenvalue weighted by atomic mass is 16.5. The molecular formula is C18H23N5O3. The summed E-state index contributed by atoms with van der Waals surface area (Å²) < 4.78 is 10.2. The quantitative estimate of drug-likeness (QED) is 0.874. The van der Waals surface area contributed by atoms with E-state index in [0.29, 0.717) is 19.0 Å². The van der Waals surface area contributed by atoms with E-state index in [2.05, 4.69) is 20.3 Å². The molecule has 1 fully saturated rings. The van der Waals surface area contributed by atoms with Crippen LogP contribution in [0.25, 0.3) is 0 Å². The first kappa shape index (κ1) is 17.9. The summed E-state index contributed by atoms with van der Waals surface area (Å²) in [4.78, 5) is 27.5. The van der Waals surface area contributed by atoms with Crippen LogP contribution < -0.4 is 14.8 Å². The Hall–Kier alpha value is -2.90. The number of anilines is 1. The number of rotatable bonds is 5. The highest BCUT2D eigenvalue weighted by Crippen LogP contribution is 2.29. The Labute approximate surface area is 152 Å². The molecule has 1 atom stereocenters. The number of carbonyl (C=O) groups excluding carboxylic acids is 1. The van der Waals surface area contributed by atoms with Gasteiger partial charge in [-0.15, -0.1) is 0 Å². The molecule has 1 amide bonds. The van der Waals surface area contributed by atoms with E-state index in [9.17, 15) is 4.79 Å². The van der Waals surface area contributed by atoms with Crippen molar-refractivity contribution >= 4 is 11.6 Å². The van der Waals surface area contributed by atoms with Crippen LogP contribution in [-0.4, -0.2) is 60.1 Å². The van der Waals surface area contributed by atoms with E-state index >= 15 is 0 Å². The molecule has 26 heavy (non-hydrogen) atoms. The molecule has 0 saturated carbocycles. The highest BCUT2D eigenvalue weighted by Gasteiger charge is 2.30. The Morgan fingerprint density at radius 2 is 2.00 bits per heavy atom. The Balaban J connectivity index is 1.78. The molecule has 1 saturated heterocycles. The van der Waals surface area contributed by atoms with Crippen molar-refractivity contribution in [2.75, 3.05) is 39.7 Å². The highest BCUT2D eigenvalue weighted by molar-refractivity contribution is 5.93. The number of aryl methyl sites for hydroxylation is 1. The van der Waals surface area contributed by atoms with Gasteiger partial charge in [-0.1, -0.05) is 0 Å². The normalized spacial score (nSPS) is 16.5. The lowest BCUT2D eigenvalue weighted by Gasteiger charge is -2.17. The molecule has 0 aliphatic carbocycles. The van der Waals surface area contributed by atoms with Gasteiger partial charge in [-0.05, 0) is 25.5 Å². The summed E-state index contributed by atoms with van der Waals surface area (Å²) in [6.07, 6.45) is 0.866. The van der Waals surface area contributed by atoms with Gasteiger partial charge in [-0.25, -0.2) is 0 Å². The number of methoxy groups -OCH3 is 2. The number of nitrogens with zero attached hydrogens (tertiary/aromatic N) is 4. The first-order valence-corrected chi connectivity index (χ1v) is 8.46. The average molecular weight is 357 g/mol. The maximum Gasteiger partial charge on any atom is 0.320 e. The molecule has 8 nitrogen and oxygen atoms in total. The fourth-order valence-electron chi connectivity index (χ4n) is 3.11. The van der Waals surface area contributed by atoms with Gasteiger partial charge in [-0.3, -0.25) is 9.78 Å². The van der Waals surface area contributed by atoms with Crippen LogP contribution in [0.2, 0.25) is 0 Å². The summed E-state index contributed by atoms with van der Waals surface area (Å²) in [6, 6.07) is 5.69. The number of amides is 1. The summed E-state index contributed by atoms with van der Waals surface area (Å²) in [5.74, 6) is 0.347. The lowest BCUT2D eigenvalue weighted by molar-refractivity contribution is 0.0783. The van der Waals surface area contributed by atoms with Gasteiger partial charge in [-0.2, -0.15) is 9.97 Å².